The molecule has 78 valence electrons. The maximum Gasteiger partial charge on any atom is 0.354 e. The molecule has 0 fully saturated rings. The Balaban J connectivity index is 2.87. The molecule has 0 aromatic carbocycles. The van der Waals surface area contributed by atoms with Crippen molar-refractivity contribution in [2.75, 3.05) is 7.11 Å². The highest BCUT2D eigenvalue weighted by molar-refractivity contribution is 5.89. The summed E-state index contributed by atoms with van der Waals surface area (Å²) in [4.78, 5) is 14.3. The fourth-order valence-electron chi connectivity index (χ4n) is 1.40. The Kier molecular flexibility index (Phi) is 3.30. The van der Waals surface area contributed by atoms with Gasteiger partial charge in [-0.2, -0.15) is 0 Å². The summed E-state index contributed by atoms with van der Waals surface area (Å²) < 4.78 is 4.63. The van der Waals surface area contributed by atoms with Gasteiger partial charge in [0.1, 0.15) is 5.69 Å². The van der Waals surface area contributed by atoms with E-state index in [0.717, 1.165) is 17.7 Å². The summed E-state index contributed by atoms with van der Waals surface area (Å²) in [6.07, 6.45) is 0.734. The van der Waals surface area contributed by atoms with E-state index in [0.29, 0.717) is 5.69 Å². The third-order valence-corrected chi connectivity index (χ3v) is 2.00. The zero-order valence-corrected chi connectivity index (χ0v) is 8.76. The van der Waals surface area contributed by atoms with E-state index in [4.69, 9.17) is 5.73 Å². The Bertz CT molecular complexity index is 329. The molecule has 3 N–H and O–H groups in total. The van der Waals surface area contributed by atoms with Gasteiger partial charge in [-0.1, -0.05) is 0 Å². The molecule has 1 atom stereocenters. The number of nitrogens with one attached hydrogen (secondary N) is 1. The third kappa shape index (κ3) is 2.35. The topological polar surface area (TPSA) is 68.1 Å². The molecule has 4 heteroatoms. The van der Waals surface area contributed by atoms with Crippen molar-refractivity contribution in [2.45, 2.75) is 26.3 Å². The van der Waals surface area contributed by atoms with Gasteiger partial charge >= 0.3 is 5.97 Å². The number of hydrogen-bond donors (Lipinski definition) is 2. The highest BCUT2D eigenvalue weighted by atomic mass is 16.5. The number of aryl methyl sites for hydroxylation is 1. The van der Waals surface area contributed by atoms with Gasteiger partial charge in [-0.25, -0.2) is 4.79 Å². The second-order valence-electron chi connectivity index (χ2n) is 3.53. The number of carbonyl (C=O) groups is 1. The summed E-state index contributed by atoms with van der Waals surface area (Å²) in [7, 11) is 1.37. The molecule has 0 saturated heterocycles. The van der Waals surface area contributed by atoms with Crippen molar-refractivity contribution < 1.29 is 9.53 Å². The van der Waals surface area contributed by atoms with Gasteiger partial charge in [-0.15, -0.1) is 0 Å². The molecule has 0 amide bonds. The number of hydrogen-bond acceptors (Lipinski definition) is 3. The number of nitrogens with two attached hydrogens (primary N) is 1. The number of ether oxygens (including phenoxy) is 1. The summed E-state index contributed by atoms with van der Waals surface area (Å²) in [6.45, 7) is 3.79. The third-order valence-electron chi connectivity index (χ3n) is 2.00. The number of rotatable bonds is 3. The Morgan fingerprint density at radius 1 is 1.71 bits per heavy atom. The van der Waals surface area contributed by atoms with E-state index in [1.807, 2.05) is 19.9 Å². The minimum Gasteiger partial charge on any atom is -0.464 e. The van der Waals surface area contributed by atoms with Gasteiger partial charge in [0.25, 0.3) is 0 Å². The molecular weight excluding hydrogens is 180 g/mol. The molecule has 0 radical (unpaired) electrons. The van der Waals surface area contributed by atoms with E-state index < -0.39 is 0 Å². The highest BCUT2D eigenvalue weighted by Crippen LogP contribution is 2.11. The zero-order valence-electron chi connectivity index (χ0n) is 8.76. The molecule has 0 aliphatic rings. The lowest BCUT2D eigenvalue weighted by Crippen LogP contribution is -2.18. The van der Waals surface area contributed by atoms with Crippen molar-refractivity contribution in [1.82, 2.24) is 4.98 Å². The minimum atomic E-state index is -0.335. The Labute approximate surface area is 83.4 Å². The van der Waals surface area contributed by atoms with Crippen molar-refractivity contribution in [2.24, 2.45) is 5.73 Å². The van der Waals surface area contributed by atoms with Crippen molar-refractivity contribution >= 4 is 5.97 Å². The molecule has 14 heavy (non-hydrogen) atoms. The summed E-state index contributed by atoms with van der Waals surface area (Å²) in [6, 6.07) is 2.01. The standard InChI is InChI=1S/C10H16N2O2/c1-6-4-8(5-7(2)11)12-9(6)10(13)14-3/h4,7,12H,5,11H2,1-3H3. The summed E-state index contributed by atoms with van der Waals surface area (Å²) >= 11 is 0. The molecule has 4 nitrogen and oxygen atoms in total. The smallest absolute Gasteiger partial charge is 0.354 e. The van der Waals surface area contributed by atoms with Gasteiger partial charge in [0.2, 0.25) is 0 Å². The van der Waals surface area contributed by atoms with Crippen LogP contribution in [0.1, 0.15) is 28.7 Å². The van der Waals surface area contributed by atoms with Gasteiger partial charge in [-0.05, 0) is 25.5 Å². The van der Waals surface area contributed by atoms with Crippen LogP contribution in [0.25, 0.3) is 0 Å². The number of aromatic nitrogens is 1. The molecule has 0 spiro atoms. The first kappa shape index (κ1) is 10.8. The molecule has 1 unspecified atom stereocenters. The first-order chi connectivity index (χ1) is 6.54. The maximum absolute atomic E-state index is 11.2. The van der Waals surface area contributed by atoms with E-state index in [1.54, 1.807) is 0 Å². The van der Waals surface area contributed by atoms with E-state index in [9.17, 15) is 4.79 Å². The van der Waals surface area contributed by atoms with Crippen molar-refractivity contribution in [3.63, 3.8) is 0 Å². The van der Waals surface area contributed by atoms with Gasteiger partial charge in [0.15, 0.2) is 0 Å². The van der Waals surface area contributed by atoms with Crippen molar-refractivity contribution in [1.29, 1.82) is 0 Å². The quantitative estimate of drug-likeness (QED) is 0.709. The molecule has 0 saturated carbocycles. The molecule has 1 aromatic rings. The molecule has 0 aliphatic carbocycles. The Morgan fingerprint density at radius 3 is 2.86 bits per heavy atom. The average molecular weight is 196 g/mol. The largest absolute Gasteiger partial charge is 0.464 e. The summed E-state index contributed by atoms with van der Waals surface area (Å²) in [5.41, 5.74) is 8.04. The van der Waals surface area contributed by atoms with Gasteiger partial charge in [-0.3, -0.25) is 0 Å². The fourth-order valence-corrected chi connectivity index (χ4v) is 1.40. The lowest BCUT2D eigenvalue weighted by Gasteiger charge is -2.01. The number of methoxy groups -OCH3 is 1. The zero-order chi connectivity index (χ0) is 10.7. The molecule has 0 bridgehead atoms. The molecule has 1 rings (SSSR count). The van der Waals surface area contributed by atoms with Crippen molar-refractivity contribution in [3.05, 3.63) is 23.0 Å². The molecular formula is C10H16N2O2. The maximum atomic E-state index is 11.2. The Morgan fingerprint density at radius 2 is 2.36 bits per heavy atom. The van der Waals surface area contributed by atoms with E-state index in [1.165, 1.54) is 7.11 Å². The van der Waals surface area contributed by atoms with E-state index >= 15 is 0 Å². The second kappa shape index (κ2) is 4.28. The van der Waals surface area contributed by atoms with Crippen LogP contribution in [-0.2, 0) is 11.2 Å². The molecule has 1 aromatic heterocycles. The van der Waals surface area contributed by atoms with Crippen LogP contribution >= 0.6 is 0 Å². The number of aromatic amines is 1. The first-order valence-electron chi connectivity index (χ1n) is 4.57. The monoisotopic (exact) mass is 196 g/mol. The highest BCUT2D eigenvalue weighted by Gasteiger charge is 2.13. The number of esters is 1. The second-order valence-corrected chi connectivity index (χ2v) is 3.53. The molecule has 0 aliphatic heterocycles. The van der Waals surface area contributed by atoms with Crippen LogP contribution in [0, 0.1) is 6.92 Å². The summed E-state index contributed by atoms with van der Waals surface area (Å²) in [5, 5.41) is 0. The predicted molar refractivity (Wildman–Crippen MR) is 54.2 cm³/mol. The van der Waals surface area contributed by atoms with Crippen LogP contribution in [0.15, 0.2) is 6.07 Å². The minimum absolute atomic E-state index is 0.0820. The van der Waals surface area contributed by atoms with Crippen LogP contribution < -0.4 is 5.73 Å². The van der Waals surface area contributed by atoms with Gasteiger partial charge < -0.3 is 15.5 Å². The van der Waals surface area contributed by atoms with E-state index in [-0.39, 0.29) is 12.0 Å². The van der Waals surface area contributed by atoms with Crippen LogP contribution in [0.2, 0.25) is 0 Å². The number of H-pyrrole nitrogens is 1. The average Bonchev–Trinajstić information content (AvgIpc) is 2.44. The van der Waals surface area contributed by atoms with Crippen LogP contribution in [0.5, 0.6) is 0 Å². The van der Waals surface area contributed by atoms with Crippen LogP contribution in [0.4, 0.5) is 0 Å². The fraction of sp³-hybridized carbons (Fsp3) is 0.500. The lowest BCUT2D eigenvalue weighted by atomic mass is 10.2. The normalized spacial score (nSPS) is 12.6. The SMILES string of the molecule is COC(=O)c1[nH]c(CC(C)N)cc1C. The summed E-state index contributed by atoms with van der Waals surface area (Å²) in [5.74, 6) is -0.335. The molecule has 1 heterocycles. The van der Waals surface area contributed by atoms with Crippen LogP contribution in [-0.4, -0.2) is 24.1 Å². The lowest BCUT2D eigenvalue weighted by molar-refractivity contribution is 0.0594. The number of carbonyl (C=O) groups excluding carboxylic acids is 1. The van der Waals surface area contributed by atoms with Crippen molar-refractivity contribution in [3.8, 4) is 0 Å². The first-order valence-corrected chi connectivity index (χ1v) is 4.57. The van der Waals surface area contributed by atoms with Crippen LogP contribution in [0.3, 0.4) is 0 Å². The van der Waals surface area contributed by atoms with Gasteiger partial charge in [0.05, 0.1) is 7.11 Å². The Hall–Kier alpha value is -1.29. The van der Waals surface area contributed by atoms with Gasteiger partial charge in [0, 0.05) is 18.2 Å². The predicted octanol–water partition coefficient (Wildman–Crippen LogP) is 0.999. The van der Waals surface area contributed by atoms with E-state index in [2.05, 4.69) is 9.72 Å².